The zero-order chi connectivity index (χ0) is 13.6. The van der Waals surface area contributed by atoms with E-state index in [1.54, 1.807) is 18.7 Å². The molecule has 0 radical (unpaired) electrons. The van der Waals surface area contributed by atoms with Gasteiger partial charge in [0.2, 0.25) is 0 Å². The number of benzene rings is 1. The van der Waals surface area contributed by atoms with Crippen LogP contribution in [-0.2, 0) is 10.2 Å². The van der Waals surface area contributed by atoms with Gasteiger partial charge in [-0.15, -0.1) is 0 Å². The quantitative estimate of drug-likeness (QED) is 0.754. The summed E-state index contributed by atoms with van der Waals surface area (Å²) < 4.78 is 0.885. The monoisotopic (exact) mass is 332 g/mol. The van der Waals surface area contributed by atoms with Crippen molar-refractivity contribution in [3.05, 3.63) is 34.3 Å². The lowest BCUT2D eigenvalue weighted by Crippen LogP contribution is -2.33. The number of aliphatic hydroxyl groups is 1. The molecule has 0 fully saturated rings. The van der Waals surface area contributed by atoms with E-state index in [1.165, 1.54) is 0 Å². The van der Waals surface area contributed by atoms with Crippen molar-refractivity contribution in [1.29, 1.82) is 0 Å². The minimum Gasteiger partial charge on any atom is -0.481 e. The van der Waals surface area contributed by atoms with Gasteiger partial charge in [-0.05, 0) is 36.8 Å². The summed E-state index contributed by atoms with van der Waals surface area (Å²) in [4.78, 5) is 11.5. The normalized spacial score (nSPS) is 14.2. The summed E-state index contributed by atoms with van der Waals surface area (Å²) in [5.41, 5.74) is -0.0827. The third-order valence-corrected chi connectivity index (χ3v) is 4.37. The highest BCUT2D eigenvalue weighted by Crippen LogP contribution is 2.31. The highest BCUT2D eigenvalue weighted by atomic mass is 79.9. The average molecular weight is 333 g/mol. The van der Waals surface area contributed by atoms with Crippen LogP contribution in [-0.4, -0.2) is 34.3 Å². The molecular formula is C13H17BrO3S. The predicted molar refractivity (Wildman–Crippen MR) is 78.2 cm³/mol. The van der Waals surface area contributed by atoms with Gasteiger partial charge in [0.1, 0.15) is 0 Å². The highest BCUT2D eigenvalue weighted by Gasteiger charge is 2.34. The van der Waals surface area contributed by atoms with Gasteiger partial charge in [0, 0.05) is 10.2 Å². The fourth-order valence-electron chi connectivity index (χ4n) is 1.65. The van der Waals surface area contributed by atoms with Crippen LogP contribution in [0.4, 0.5) is 0 Å². The van der Waals surface area contributed by atoms with Crippen LogP contribution in [0.15, 0.2) is 28.7 Å². The molecule has 1 atom stereocenters. The first-order valence-corrected chi connectivity index (χ1v) is 7.63. The van der Waals surface area contributed by atoms with Crippen molar-refractivity contribution in [2.75, 3.05) is 18.1 Å². The minimum atomic E-state index is -0.883. The standard InChI is InChI=1S/C13H17BrO3S/c1-13(12(16)17,5-7-18-8-6-15)10-3-2-4-11(14)9-10/h2-4,9,15H,5-8H2,1H3,(H,16,17). The van der Waals surface area contributed by atoms with Crippen molar-refractivity contribution >= 4 is 33.7 Å². The van der Waals surface area contributed by atoms with Crippen LogP contribution in [0.1, 0.15) is 18.9 Å². The summed E-state index contributed by atoms with van der Waals surface area (Å²) in [5.74, 6) is 0.551. The van der Waals surface area contributed by atoms with Crippen LogP contribution >= 0.6 is 27.7 Å². The van der Waals surface area contributed by atoms with Gasteiger partial charge in [-0.2, -0.15) is 11.8 Å². The third kappa shape index (κ3) is 4.00. The Bertz CT molecular complexity index is 411. The fourth-order valence-corrected chi connectivity index (χ4v) is 2.93. The molecule has 0 aliphatic rings. The number of hydrogen-bond acceptors (Lipinski definition) is 3. The van der Waals surface area contributed by atoms with Crippen molar-refractivity contribution in [2.45, 2.75) is 18.8 Å². The van der Waals surface area contributed by atoms with Gasteiger partial charge >= 0.3 is 5.97 Å². The first-order valence-electron chi connectivity index (χ1n) is 5.69. The van der Waals surface area contributed by atoms with E-state index in [-0.39, 0.29) is 6.61 Å². The fraction of sp³-hybridized carbons (Fsp3) is 0.462. The lowest BCUT2D eigenvalue weighted by Gasteiger charge is -2.25. The number of thioether (sulfide) groups is 1. The van der Waals surface area contributed by atoms with Crippen LogP contribution in [0.3, 0.4) is 0 Å². The molecule has 0 saturated carbocycles. The van der Waals surface area contributed by atoms with Crippen molar-refractivity contribution in [3.8, 4) is 0 Å². The molecule has 1 unspecified atom stereocenters. The number of hydrogen-bond donors (Lipinski definition) is 2. The lowest BCUT2D eigenvalue weighted by atomic mass is 9.80. The summed E-state index contributed by atoms with van der Waals surface area (Å²) in [6.07, 6.45) is 0.545. The van der Waals surface area contributed by atoms with Crippen molar-refractivity contribution in [3.63, 3.8) is 0 Å². The molecule has 0 aliphatic carbocycles. The number of carboxylic acid groups (broad SMARTS) is 1. The molecule has 0 spiro atoms. The number of carbonyl (C=O) groups is 1. The smallest absolute Gasteiger partial charge is 0.313 e. The second kappa shape index (κ2) is 7.16. The summed E-state index contributed by atoms with van der Waals surface area (Å²) in [5, 5.41) is 18.2. The molecule has 0 aromatic heterocycles. The lowest BCUT2D eigenvalue weighted by molar-refractivity contribution is -0.143. The molecule has 2 N–H and O–H groups in total. The van der Waals surface area contributed by atoms with E-state index in [0.29, 0.717) is 12.2 Å². The Morgan fingerprint density at radius 1 is 1.44 bits per heavy atom. The Morgan fingerprint density at radius 2 is 2.17 bits per heavy atom. The molecule has 0 amide bonds. The predicted octanol–water partition coefficient (Wildman–Crippen LogP) is 2.91. The zero-order valence-electron chi connectivity index (χ0n) is 10.2. The molecule has 1 aromatic carbocycles. The minimum absolute atomic E-state index is 0.130. The number of rotatable bonds is 7. The Hall–Kier alpha value is -0.520. The van der Waals surface area contributed by atoms with E-state index >= 15 is 0 Å². The summed E-state index contributed by atoms with van der Waals surface area (Å²) in [6, 6.07) is 7.42. The van der Waals surface area contributed by atoms with Crippen molar-refractivity contribution in [2.24, 2.45) is 0 Å². The number of aliphatic carboxylic acids is 1. The molecular weight excluding hydrogens is 316 g/mol. The van der Waals surface area contributed by atoms with E-state index in [2.05, 4.69) is 15.9 Å². The van der Waals surface area contributed by atoms with E-state index in [1.807, 2.05) is 24.3 Å². The zero-order valence-corrected chi connectivity index (χ0v) is 12.6. The highest BCUT2D eigenvalue weighted by molar-refractivity contribution is 9.10. The molecule has 1 rings (SSSR count). The maximum absolute atomic E-state index is 11.5. The summed E-state index contributed by atoms with van der Waals surface area (Å²) in [6.45, 7) is 1.88. The molecule has 0 heterocycles. The molecule has 5 heteroatoms. The Balaban J connectivity index is 2.83. The Morgan fingerprint density at radius 3 is 2.72 bits per heavy atom. The van der Waals surface area contributed by atoms with E-state index in [9.17, 15) is 9.90 Å². The van der Waals surface area contributed by atoms with Gasteiger partial charge in [0.25, 0.3) is 0 Å². The average Bonchev–Trinajstić information content (AvgIpc) is 2.34. The molecule has 18 heavy (non-hydrogen) atoms. The van der Waals surface area contributed by atoms with Gasteiger partial charge in [-0.3, -0.25) is 4.79 Å². The van der Waals surface area contributed by atoms with Gasteiger partial charge in [-0.25, -0.2) is 0 Å². The van der Waals surface area contributed by atoms with Gasteiger partial charge in [0.05, 0.1) is 12.0 Å². The van der Waals surface area contributed by atoms with Gasteiger partial charge in [-0.1, -0.05) is 28.1 Å². The second-order valence-electron chi connectivity index (χ2n) is 4.23. The number of halogens is 1. The van der Waals surface area contributed by atoms with Crippen LogP contribution in [0, 0.1) is 0 Å². The van der Waals surface area contributed by atoms with Crippen molar-refractivity contribution in [1.82, 2.24) is 0 Å². The summed E-state index contributed by atoms with van der Waals surface area (Å²) >= 11 is 4.94. The van der Waals surface area contributed by atoms with Gasteiger partial charge in [0.15, 0.2) is 0 Å². The molecule has 1 aromatic rings. The number of carboxylic acids is 1. The van der Waals surface area contributed by atoms with Crippen LogP contribution in [0.5, 0.6) is 0 Å². The van der Waals surface area contributed by atoms with Crippen LogP contribution < -0.4 is 0 Å². The Labute approximate surface area is 120 Å². The maximum Gasteiger partial charge on any atom is 0.313 e. The van der Waals surface area contributed by atoms with E-state index in [4.69, 9.17) is 5.11 Å². The number of aliphatic hydroxyl groups excluding tert-OH is 1. The molecule has 3 nitrogen and oxygen atoms in total. The topological polar surface area (TPSA) is 57.5 Å². The molecule has 0 aliphatic heterocycles. The van der Waals surface area contributed by atoms with Crippen molar-refractivity contribution < 1.29 is 15.0 Å². The Kier molecular flexibility index (Phi) is 6.18. The first-order chi connectivity index (χ1) is 8.50. The molecule has 0 saturated heterocycles. The maximum atomic E-state index is 11.5. The van der Waals surface area contributed by atoms with Crippen LogP contribution in [0.2, 0.25) is 0 Å². The first kappa shape index (κ1) is 15.5. The van der Waals surface area contributed by atoms with E-state index in [0.717, 1.165) is 15.8 Å². The van der Waals surface area contributed by atoms with Gasteiger partial charge < -0.3 is 10.2 Å². The van der Waals surface area contributed by atoms with E-state index < -0.39 is 11.4 Å². The molecule has 0 bridgehead atoms. The second-order valence-corrected chi connectivity index (χ2v) is 6.37. The molecule has 100 valence electrons. The van der Waals surface area contributed by atoms with Crippen LogP contribution in [0.25, 0.3) is 0 Å². The largest absolute Gasteiger partial charge is 0.481 e. The SMILES string of the molecule is CC(CCSCCO)(C(=O)O)c1cccc(Br)c1. The third-order valence-electron chi connectivity index (χ3n) is 2.92. The summed E-state index contributed by atoms with van der Waals surface area (Å²) in [7, 11) is 0.